The highest BCUT2D eigenvalue weighted by Crippen LogP contribution is 2.28. The van der Waals surface area contributed by atoms with Crippen LogP contribution in [0.5, 0.6) is 0 Å². The van der Waals surface area contributed by atoms with E-state index in [9.17, 15) is 18.0 Å². The molecule has 2 heterocycles. The van der Waals surface area contributed by atoms with Crippen LogP contribution in [0.2, 0.25) is 0 Å². The molecule has 0 spiro atoms. The van der Waals surface area contributed by atoms with Crippen LogP contribution in [0.3, 0.4) is 0 Å². The first-order chi connectivity index (χ1) is 9.88. The molecule has 21 heavy (non-hydrogen) atoms. The molecule has 2 rings (SSSR count). The quantitative estimate of drug-likeness (QED) is 0.638. The van der Waals surface area contributed by atoms with Crippen molar-refractivity contribution in [3.63, 3.8) is 0 Å². The summed E-state index contributed by atoms with van der Waals surface area (Å²) in [6.45, 7) is 0.375. The fraction of sp³-hybridized carbons (Fsp3) is 0.300. The summed E-state index contributed by atoms with van der Waals surface area (Å²) < 4.78 is 37.7. The van der Waals surface area contributed by atoms with Crippen molar-refractivity contribution < 1.29 is 18.0 Å². The standard InChI is InChI=1S/C10H10F3N5OS2/c11-10(12,13)8-16-17-9(18(8)14)21-5-7(19)15-4-6-2-1-3-20-6/h1-3H,4-5,14H2,(H,15,19). The number of alkyl halides is 3. The summed E-state index contributed by atoms with van der Waals surface area (Å²) in [4.78, 5) is 12.6. The maximum Gasteiger partial charge on any atom is 0.453 e. The SMILES string of the molecule is Nn1c(SCC(=O)NCc2cccs2)nnc1C(F)(F)F. The highest BCUT2D eigenvalue weighted by atomic mass is 32.2. The maximum atomic E-state index is 12.4. The van der Waals surface area contributed by atoms with Gasteiger partial charge in [0.2, 0.25) is 11.1 Å². The number of hydrogen-bond donors (Lipinski definition) is 2. The van der Waals surface area contributed by atoms with Gasteiger partial charge in [0, 0.05) is 4.88 Å². The number of nitrogens with two attached hydrogens (primary N) is 1. The normalized spacial score (nSPS) is 11.6. The van der Waals surface area contributed by atoms with E-state index in [1.54, 1.807) is 0 Å². The molecule has 0 aliphatic rings. The van der Waals surface area contributed by atoms with Gasteiger partial charge in [-0.1, -0.05) is 17.8 Å². The lowest BCUT2D eigenvalue weighted by molar-refractivity contribution is -0.146. The van der Waals surface area contributed by atoms with E-state index in [1.807, 2.05) is 17.5 Å². The van der Waals surface area contributed by atoms with Gasteiger partial charge in [0.15, 0.2) is 0 Å². The molecular formula is C10H10F3N5OS2. The molecule has 0 aliphatic heterocycles. The number of carbonyl (C=O) groups excluding carboxylic acids is 1. The summed E-state index contributed by atoms with van der Waals surface area (Å²) in [5, 5.41) is 10.6. The Kier molecular flexibility index (Phi) is 4.73. The third kappa shape index (κ3) is 4.11. The van der Waals surface area contributed by atoms with E-state index in [2.05, 4.69) is 15.5 Å². The smallest absolute Gasteiger partial charge is 0.350 e. The third-order valence-electron chi connectivity index (χ3n) is 2.29. The summed E-state index contributed by atoms with van der Waals surface area (Å²) in [7, 11) is 0. The van der Waals surface area contributed by atoms with Crippen LogP contribution in [-0.4, -0.2) is 26.5 Å². The van der Waals surface area contributed by atoms with Gasteiger partial charge < -0.3 is 11.2 Å². The Morgan fingerprint density at radius 2 is 2.24 bits per heavy atom. The minimum Gasteiger partial charge on any atom is -0.350 e. The summed E-state index contributed by atoms with van der Waals surface area (Å²) >= 11 is 2.28. The zero-order valence-corrected chi connectivity index (χ0v) is 12.1. The van der Waals surface area contributed by atoms with Crippen molar-refractivity contribution in [3.05, 3.63) is 28.2 Å². The van der Waals surface area contributed by atoms with Crippen molar-refractivity contribution in [1.82, 2.24) is 20.2 Å². The van der Waals surface area contributed by atoms with E-state index >= 15 is 0 Å². The fourth-order valence-electron chi connectivity index (χ4n) is 1.35. The number of rotatable bonds is 5. The molecule has 0 saturated heterocycles. The van der Waals surface area contributed by atoms with E-state index in [-0.39, 0.29) is 16.8 Å². The summed E-state index contributed by atoms with van der Waals surface area (Å²) in [6, 6.07) is 3.72. The first-order valence-electron chi connectivity index (χ1n) is 5.57. The maximum absolute atomic E-state index is 12.4. The average Bonchev–Trinajstić information content (AvgIpc) is 3.02. The molecule has 0 unspecified atom stereocenters. The molecule has 0 atom stereocenters. The van der Waals surface area contributed by atoms with Gasteiger partial charge in [-0.05, 0) is 11.4 Å². The number of nitrogens with one attached hydrogen (secondary N) is 1. The van der Waals surface area contributed by atoms with Gasteiger partial charge in [-0.25, -0.2) is 4.68 Å². The van der Waals surface area contributed by atoms with Crippen LogP contribution in [0.1, 0.15) is 10.7 Å². The summed E-state index contributed by atoms with van der Waals surface area (Å²) in [5.74, 6) is 3.52. The van der Waals surface area contributed by atoms with Crippen LogP contribution in [-0.2, 0) is 17.5 Å². The number of thiophene rings is 1. The highest BCUT2D eigenvalue weighted by Gasteiger charge is 2.38. The monoisotopic (exact) mass is 337 g/mol. The number of carbonyl (C=O) groups is 1. The van der Waals surface area contributed by atoms with Crippen LogP contribution in [0.25, 0.3) is 0 Å². The van der Waals surface area contributed by atoms with E-state index in [4.69, 9.17) is 5.84 Å². The largest absolute Gasteiger partial charge is 0.453 e. The molecule has 6 nitrogen and oxygen atoms in total. The van der Waals surface area contributed by atoms with E-state index in [0.717, 1.165) is 16.6 Å². The Labute approximate surface area is 125 Å². The van der Waals surface area contributed by atoms with E-state index < -0.39 is 12.0 Å². The van der Waals surface area contributed by atoms with Crippen molar-refractivity contribution in [2.45, 2.75) is 17.9 Å². The zero-order chi connectivity index (χ0) is 15.5. The lowest BCUT2D eigenvalue weighted by Gasteiger charge is -2.06. The van der Waals surface area contributed by atoms with Gasteiger partial charge in [-0.15, -0.1) is 21.5 Å². The van der Waals surface area contributed by atoms with Crippen LogP contribution in [0, 0.1) is 0 Å². The van der Waals surface area contributed by atoms with Gasteiger partial charge in [-0.3, -0.25) is 4.79 Å². The van der Waals surface area contributed by atoms with E-state index in [1.165, 1.54) is 11.3 Å². The molecule has 3 N–H and O–H groups in total. The molecule has 0 bridgehead atoms. The second kappa shape index (κ2) is 6.35. The fourth-order valence-corrected chi connectivity index (χ4v) is 2.68. The number of nitrogen functional groups attached to an aromatic ring is 1. The number of hydrogen-bond acceptors (Lipinski definition) is 6. The minimum atomic E-state index is -4.68. The van der Waals surface area contributed by atoms with Crippen LogP contribution >= 0.6 is 23.1 Å². The van der Waals surface area contributed by atoms with Crippen molar-refractivity contribution in [2.75, 3.05) is 11.6 Å². The Balaban J connectivity index is 1.85. The molecule has 2 aromatic heterocycles. The highest BCUT2D eigenvalue weighted by molar-refractivity contribution is 7.99. The number of aromatic nitrogens is 3. The van der Waals surface area contributed by atoms with Crippen LogP contribution in [0.15, 0.2) is 22.7 Å². The molecule has 0 saturated carbocycles. The van der Waals surface area contributed by atoms with E-state index in [0.29, 0.717) is 11.2 Å². The van der Waals surface area contributed by atoms with Crippen LogP contribution < -0.4 is 11.2 Å². The Morgan fingerprint density at radius 3 is 2.81 bits per heavy atom. The Bertz CT molecular complexity index is 611. The number of amides is 1. The van der Waals surface area contributed by atoms with Crippen molar-refractivity contribution in [3.8, 4) is 0 Å². The molecule has 2 aromatic rings. The van der Waals surface area contributed by atoms with Gasteiger partial charge in [0.05, 0.1) is 12.3 Å². The second-order valence-electron chi connectivity index (χ2n) is 3.82. The topological polar surface area (TPSA) is 85.8 Å². The summed E-state index contributed by atoms with van der Waals surface area (Å²) in [5.41, 5.74) is 0. The van der Waals surface area contributed by atoms with Crippen molar-refractivity contribution in [1.29, 1.82) is 0 Å². The second-order valence-corrected chi connectivity index (χ2v) is 5.79. The predicted octanol–water partition coefficient (Wildman–Crippen LogP) is 1.48. The zero-order valence-electron chi connectivity index (χ0n) is 10.4. The first kappa shape index (κ1) is 15.6. The number of thioether (sulfide) groups is 1. The molecule has 0 fully saturated rings. The minimum absolute atomic E-state index is 0.0986. The number of halogens is 3. The molecule has 0 aromatic carbocycles. The van der Waals surface area contributed by atoms with Gasteiger partial charge in [0.1, 0.15) is 0 Å². The van der Waals surface area contributed by atoms with Crippen molar-refractivity contribution >= 4 is 29.0 Å². The molecule has 0 radical (unpaired) electrons. The van der Waals surface area contributed by atoms with Gasteiger partial charge >= 0.3 is 6.18 Å². The predicted molar refractivity (Wildman–Crippen MR) is 72.1 cm³/mol. The average molecular weight is 337 g/mol. The van der Waals surface area contributed by atoms with Gasteiger partial charge in [-0.2, -0.15) is 13.2 Å². The number of nitrogens with zero attached hydrogens (tertiary/aromatic N) is 3. The molecule has 0 aliphatic carbocycles. The van der Waals surface area contributed by atoms with Gasteiger partial charge in [0.25, 0.3) is 5.82 Å². The molecule has 1 amide bonds. The Hall–Kier alpha value is -1.75. The molecule has 11 heteroatoms. The first-order valence-corrected chi connectivity index (χ1v) is 7.44. The molecular weight excluding hydrogens is 327 g/mol. The van der Waals surface area contributed by atoms with Crippen LogP contribution in [0.4, 0.5) is 13.2 Å². The Morgan fingerprint density at radius 1 is 1.48 bits per heavy atom. The summed E-state index contributed by atoms with van der Waals surface area (Å²) in [6.07, 6.45) is -4.68. The molecule has 114 valence electrons. The lowest BCUT2D eigenvalue weighted by Crippen LogP contribution is -2.25. The third-order valence-corrected chi connectivity index (χ3v) is 4.11. The van der Waals surface area contributed by atoms with Crippen molar-refractivity contribution in [2.24, 2.45) is 0 Å². The lowest BCUT2D eigenvalue weighted by atomic mass is 10.4.